The number of nitrogens with zero attached hydrogens (tertiary/aromatic N) is 2. The van der Waals surface area contributed by atoms with Crippen LogP contribution in [0.3, 0.4) is 0 Å². The van der Waals surface area contributed by atoms with Gasteiger partial charge in [0.2, 0.25) is 0 Å². The molecule has 2 heterocycles. The fourth-order valence-electron chi connectivity index (χ4n) is 9.87. The third kappa shape index (κ3) is 4.55. The number of hydrogen-bond acceptors (Lipinski definition) is 0. The number of hydrogen-bond donors (Lipinski definition) is 0. The molecular weight excluding hydrogens is 665 g/mol. The molecule has 0 bridgehead atoms. The Morgan fingerprint density at radius 2 is 0.982 bits per heavy atom. The smallest absolute Gasteiger partial charge is 0.0546 e. The van der Waals surface area contributed by atoms with Crippen molar-refractivity contribution in [1.82, 2.24) is 9.13 Å². The van der Waals surface area contributed by atoms with Gasteiger partial charge in [0.05, 0.1) is 22.1 Å². The average molecular weight is 705 g/mol. The zero-order chi connectivity index (χ0) is 37.0. The molecule has 2 nitrogen and oxygen atoms in total. The SMILES string of the molecule is Cc1cc2c(c(C)c1-c1ccc(-c3ccc4c(c3)c3cc5c(cc3n4-c3ccccc3)C(C)(C)c3ccccc3-5)cc1)c1ccccc1n2-c1ccccc1. The van der Waals surface area contributed by atoms with Crippen molar-refractivity contribution in [1.29, 1.82) is 0 Å². The number of para-hydroxylation sites is 3. The Bertz CT molecular complexity index is 3160. The van der Waals surface area contributed by atoms with Crippen molar-refractivity contribution in [2.24, 2.45) is 0 Å². The highest BCUT2D eigenvalue weighted by Crippen LogP contribution is 2.51. The number of fused-ring (bicyclic) bond motifs is 9. The van der Waals surface area contributed by atoms with Crippen LogP contribution in [0.4, 0.5) is 0 Å². The second-order valence-electron chi connectivity index (χ2n) is 15.8. The van der Waals surface area contributed by atoms with E-state index in [1.165, 1.54) is 111 Å². The van der Waals surface area contributed by atoms with Crippen LogP contribution in [0.25, 0.3) is 88.4 Å². The van der Waals surface area contributed by atoms with Crippen molar-refractivity contribution in [3.05, 3.63) is 192 Å². The molecule has 8 aromatic carbocycles. The van der Waals surface area contributed by atoms with Crippen molar-refractivity contribution in [3.8, 4) is 44.8 Å². The maximum Gasteiger partial charge on any atom is 0.0546 e. The van der Waals surface area contributed by atoms with Crippen LogP contribution in [-0.4, -0.2) is 9.13 Å². The molecule has 1 aliphatic carbocycles. The van der Waals surface area contributed by atoms with Crippen LogP contribution in [0.2, 0.25) is 0 Å². The number of aryl methyl sites for hydroxylation is 2. The van der Waals surface area contributed by atoms with Crippen LogP contribution in [0.5, 0.6) is 0 Å². The van der Waals surface area contributed by atoms with E-state index in [0.29, 0.717) is 0 Å². The van der Waals surface area contributed by atoms with E-state index < -0.39 is 0 Å². The maximum atomic E-state index is 2.46. The van der Waals surface area contributed by atoms with Crippen LogP contribution in [0, 0.1) is 13.8 Å². The van der Waals surface area contributed by atoms with Crippen LogP contribution < -0.4 is 0 Å². The van der Waals surface area contributed by atoms with Gasteiger partial charge in [-0.25, -0.2) is 0 Å². The highest BCUT2D eigenvalue weighted by molar-refractivity contribution is 6.14. The summed E-state index contributed by atoms with van der Waals surface area (Å²) in [5, 5.41) is 5.18. The molecule has 2 aromatic heterocycles. The van der Waals surface area contributed by atoms with Gasteiger partial charge in [0.15, 0.2) is 0 Å². The summed E-state index contributed by atoms with van der Waals surface area (Å²) in [4.78, 5) is 0. The molecular formula is C53H40N2. The van der Waals surface area contributed by atoms with Crippen LogP contribution >= 0.6 is 0 Å². The Kier molecular flexibility index (Phi) is 6.76. The third-order valence-corrected chi connectivity index (χ3v) is 12.4. The first-order valence-electron chi connectivity index (χ1n) is 19.4. The molecule has 2 heteroatoms. The highest BCUT2D eigenvalue weighted by atomic mass is 15.0. The molecule has 11 rings (SSSR count). The maximum absolute atomic E-state index is 2.46. The van der Waals surface area contributed by atoms with Crippen LogP contribution in [0.15, 0.2) is 170 Å². The second-order valence-corrected chi connectivity index (χ2v) is 15.8. The minimum atomic E-state index is -0.0643. The zero-order valence-corrected chi connectivity index (χ0v) is 31.6. The van der Waals surface area contributed by atoms with E-state index in [9.17, 15) is 0 Å². The fourth-order valence-corrected chi connectivity index (χ4v) is 9.87. The molecule has 0 atom stereocenters. The molecule has 0 N–H and O–H groups in total. The molecule has 262 valence electrons. The third-order valence-electron chi connectivity index (χ3n) is 12.4. The molecule has 0 saturated heterocycles. The lowest BCUT2D eigenvalue weighted by atomic mass is 9.82. The Balaban J connectivity index is 1.06. The first-order chi connectivity index (χ1) is 26.9. The van der Waals surface area contributed by atoms with Gasteiger partial charge in [0, 0.05) is 38.3 Å². The van der Waals surface area contributed by atoms with Gasteiger partial charge in [-0.3, -0.25) is 0 Å². The monoisotopic (exact) mass is 704 g/mol. The van der Waals surface area contributed by atoms with E-state index in [1.807, 2.05) is 0 Å². The summed E-state index contributed by atoms with van der Waals surface area (Å²) in [5.74, 6) is 0. The first kappa shape index (κ1) is 31.8. The minimum Gasteiger partial charge on any atom is -0.309 e. The van der Waals surface area contributed by atoms with E-state index in [1.54, 1.807) is 0 Å². The molecule has 10 aromatic rings. The Morgan fingerprint density at radius 3 is 1.73 bits per heavy atom. The lowest BCUT2D eigenvalue weighted by molar-refractivity contribution is 0.661. The Labute approximate surface area is 321 Å². The van der Waals surface area contributed by atoms with Gasteiger partial charge in [-0.2, -0.15) is 0 Å². The minimum absolute atomic E-state index is 0.0643. The van der Waals surface area contributed by atoms with Crippen LogP contribution in [0.1, 0.15) is 36.1 Å². The molecule has 0 amide bonds. The summed E-state index contributed by atoms with van der Waals surface area (Å²) in [6.07, 6.45) is 0. The van der Waals surface area contributed by atoms with Crippen molar-refractivity contribution < 1.29 is 0 Å². The van der Waals surface area contributed by atoms with E-state index in [2.05, 4.69) is 207 Å². The lowest BCUT2D eigenvalue weighted by Crippen LogP contribution is -2.14. The molecule has 0 aliphatic heterocycles. The lowest BCUT2D eigenvalue weighted by Gasteiger charge is -2.21. The average Bonchev–Trinajstić information content (AvgIpc) is 3.80. The standard InChI is InChI=1S/C53H40N2/c1-33-29-50-52(41-20-12-14-22-47(41)55(50)39-17-9-6-10-18-39)34(2)51(33)36-25-23-35(24-26-36)37-27-28-48-43(30-37)44-31-42-40-19-11-13-21-45(40)53(3,4)46(42)32-49(44)54(48)38-15-7-5-8-16-38/h5-32H,1-4H3. The van der Waals surface area contributed by atoms with Crippen molar-refractivity contribution in [2.75, 3.05) is 0 Å². The molecule has 0 spiro atoms. The second kappa shape index (κ2) is 11.7. The number of aromatic nitrogens is 2. The predicted molar refractivity (Wildman–Crippen MR) is 233 cm³/mol. The van der Waals surface area contributed by atoms with Crippen molar-refractivity contribution in [3.63, 3.8) is 0 Å². The molecule has 0 unspecified atom stereocenters. The highest BCUT2D eigenvalue weighted by Gasteiger charge is 2.36. The van der Waals surface area contributed by atoms with Gasteiger partial charge in [-0.15, -0.1) is 0 Å². The molecule has 0 radical (unpaired) electrons. The molecule has 1 aliphatic rings. The van der Waals surface area contributed by atoms with Gasteiger partial charge in [-0.1, -0.05) is 123 Å². The summed E-state index contributed by atoms with van der Waals surface area (Å²) in [6.45, 7) is 9.29. The topological polar surface area (TPSA) is 9.86 Å². The van der Waals surface area contributed by atoms with Crippen molar-refractivity contribution in [2.45, 2.75) is 33.1 Å². The van der Waals surface area contributed by atoms with Crippen molar-refractivity contribution >= 4 is 43.6 Å². The molecule has 0 fully saturated rings. The predicted octanol–water partition coefficient (Wildman–Crippen LogP) is 14.1. The van der Waals surface area contributed by atoms with Gasteiger partial charge in [0.25, 0.3) is 0 Å². The largest absolute Gasteiger partial charge is 0.309 e. The summed E-state index contributed by atoms with van der Waals surface area (Å²) in [6, 6.07) is 62.9. The quantitative estimate of drug-likeness (QED) is 0.173. The zero-order valence-electron chi connectivity index (χ0n) is 31.6. The van der Waals surface area contributed by atoms with E-state index in [0.717, 1.165) is 0 Å². The first-order valence-corrected chi connectivity index (χ1v) is 19.4. The molecule has 55 heavy (non-hydrogen) atoms. The Hall–Kier alpha value is -6.64. The summed E-state index contributed by atoms with van der Waals surface area (Å²) < 4.78 is 4.86. The van der Waals surface area contributed by atoms with Gasteiger partial charge in [-0.05, 0) is 130 Å². The molecule has 0 saturated carbocycles. The van der Waals surface area contributed by atoms with Gasteiger partial charge < -0.3 is 9.13 Å². The number of benzene rings is 8. The van der Waals surface area contributed by atoms with E-state index in [-0.39, 0.29) is 5.41 Å². The van der Waals surface area contributed by atoms with Gasteiger partial charge >= 0.3 is 0 Å². The summed E-state index contributed by atoms with van der Waals surface area (Å²) >= 11 is 0. The van der Waals surface area contributed by atoms with E-state index >= 15 is 0 Å². The van der Waals surface area contributed by atoms with E-state index in [4.69, 9.17) is 0 Å². The number of rotatable bonds is 4. The Morgan fingerprint density at radius 1 is 0.400 bits per heavy atom. The van der Waals surface area contributed by atoms with Gasteiger partial charge in [0.1, 0.15) is 0 Å². The summed E-state index contributed by atoms with van der Waals surface area (Å²) in [5.41, 5.74) is 20.4. The van der Waals surface area contributed by atoms with Crippen LogP contribution in [-0.2, 0) is 5.41 Å². The normalized spacial score (nSPS) is 13.2. The summed E-state index contributed by atoms with van der Waals surface area (Å²) in [7, 11) is 0. The fraction of sp³-hybridized carbons (Fsp3) is 0.0943.